The molecule has 166 valence electrons. The molecule has 0 spiro atoms. The zero-order valence-corrected chi connectivity index (χ0v) is 18.7. The van der Waals surface area contributed by atoms with Crippen molar-refractivity contribution >= 4 is 28.3 Å². The van der Waals surface area contributed by atoms with E-state index >= 15 is 0 Å². The van der Waals surface area contributed by atoms with Crippen LogP contribution in [0.4, 0.5) is 11.6 Å². The largest absolute Gasteiger partial charge is 0.354 e. The quantitative estimate of drug-likeness (QED) is 0.633. The summed E-state index contributed by atoms with van der Waals surface area (Å²) in [5.41, 5.74) is 1.10. The number of nitrogens with zero attached hydrogens (tertiary/aromatic N) is 6. The minimum absolute atomic E-state index is 0.196. The summed E-state index contributed by atoms with van der Waals surface area (Å²) in [5, 5.41) is 2.35. The first kappa shape index (κ1) is 20.7. The maximum Gasteiger partial charge on any atom is 0.227 e. The van der Waals surface area contributed by atoms with E-state index in [9.17, 15) is 4.79 Å². The Balaban J connectivity index is 1.21. The molecule has 2 saturated heterocycles. The highest BCUT2D eigenvalue weighted by molar-refractivity contribution is 5.90. The van der Waals surface area contributed by atoms with Gasteiger partial charge in [-0.25, -0.2) is 9.97 Å². The van der Waals surface area contributed by atoms with Gasteiger partial charge in [0, 0.05) is 58.4 Å². The van der Waals surface area contributed by atoms with Crippen LogP contribution < -0.4 is 9.80 Å². The van der Waals surface area contributed by atoms with E-state index in [1.807, 2.05) is 23.1 Å². The van der Waals surface area contributed by atoms with Gasteiger partial charge in [0.05, 0.1) is 6.42 Å². The fourth-order valence-electron chi connectivity index (χ4n) is 4.62. The Hall–Kier alpha value is -3.19. The number of hydrogen-bond acceptors (Lipinski definition) is 6. The summed E-state index contributed by atoms with van der Waals surface area (Å²) in [5.74, 6) is 2.15. The van der Waals surface area contributed by atoms with Crippen molar-refractivity contribution in [2.24, 2.45) is 0 Å². The zero-order valence-electron chi connectivity index (χ0n) is 18.7. The maximum absolute atomic E-state index is 13.0. The summed E-state index contributed by atoms with van der Waals surface area (Å²) in [6.07, 6.45) is 2.11. The Morgan fingerprint density at radius 3 is 2.16 bits per heavy atom. The van der Waals surface area contributed by atoms with Crippen LogP contribution in [-0.2, 0) is 11.2 Å². The SMILES string of the molecule is CN1CCN(c2cc(N3CCN(C(=O)Cc4cccc5ccccc45)CC3)ncn2)CC1. The number of anilines is 2. The zero-order chi connectivity index (χ0) is 21.9. The second kappa shape index (κ2) is 9.12. The maximum atomic E-state index is 13.0. The summed E-state index contributed by atoms with van der Waals surface area (Å²) in [6, 6.07) is 16.6. The summed E-state index contributed by atoms with van der Waals surface area (Å²) in [6.45, 7) is 7.11. The second-order valence-electron chi connectivity index (χ2n) is 8.71. The molecule has 0 saturated carbocycles. The predicted molar refractivity (Wildman–Crippen MR) is 128 cm³/mol. The Morgan fingerprint density at radius 2 is 1.44 bits per heavy atom. The molecule has 2 fully saturated rings. The molecule has 1 amide bonds. The average molecular weight is 431 g/mol. The third kappa shape index (κ3) is 4.39. The first-order valence-electron chi connectivity index (χ1n) is 11.4. The number of amides is 1. The molecule has 7 nitrogen and oxygen atoms in total. The normalized spacial score (nSPS) is 17.7. The van der Waals surface area contributed by atoms with Crippen LogP contribution >= 0.6 is 0 Å². The number of rotatable bonds is 4. The Labute approximate surface area is 189 Å². The van der Waals surface area contributed by atoms with Crippen molar-refractivity contribution < 1.29 is 4.79 Å². The van der Waals surface area contributed by atoms with Gasteiger partial charge < -0.3 is 19.6 Å². The predicted octanol–water partition coefficient (Wildman–Crippen LogP) is 2.27. The van der Waals surface area contributed by atoms with Crippen LogP contribution in [0.1, 0.15) is 5.56 Å². The van der Waals surface area contributed by atoms with Crippen molar-refractivity contribution in [3.8, 4) is 0 Å². The smallest absolute Gasteiger partial charge is 0.227 e. The number of likely N-dealkylation sites (N-methyl/N-ethyl adjacent to an activating group) is 1. The van der Waals surface area contributed by atoms with Gasteiger partial charge in [0.1, 0.15) is 18.0 Å². The molecule has 3 aromatic rings. The van der Waals surface area contributed by atoms with Crippen LogP contribution in [0.25, 0.3) is 10.8 Å². The minimum atomic E-state index is 0.196. The number of fused-ring (bicyclic) bond motifs is 1. The van der Waals surface area contributed by atoms with Crippen molar-refractivity contribution in [1.29, 1.82) is 0 Å². The third-order valence-corrected chi connectivity index (χ3v) is 6.64. The highest BCUT2D eigenvalue weighted by Gasteiger charge is 2.23. The third-order valence-electron chi connectivity index (χ3n) is 6.64. The van der Waals surface area contributed by atoms with Crippen molar-refractivity contribution in [2.45, 2.75) is 6.42 Å². The van der Waals surface area contributed by atoms with E-state index in [1.54, 1.807) is 6.33 Å². The summed E-state index contributed by atoms with van der Waals surface area (Å²) >= 11 is 0. The van der Waals surface area contributed by atoms with Crippen LogP contribution in [0.15, 0.2) is 54.9 Å². The van der Waals surface area contributed by atoms with Gasteiger partial charge >= 0.3 is 0 Å². The van der Waals surface area contributed by atoms with Gasteiger partial charge in [-0.3, -0.25) is 4.79 Å². The topological polar surface area (TPSA) is 55.8 Å². The van der Waals surface area contributed by atoms with Crippen LogP contribution in [0.5, 0.6) is 0 Å². The summed E-state index contributed by atoms with van der Waals surface area (Å²) < 4.78 is 0. The first-order valence-corrected chi connectivity index (χ1v) is 11.4. The molecule has 0 aliphatic carbocycles. The average Bonchev–Trinajstić information content (AvgIpc) is 2.85. The van der Waals surface area contributed by atoms with Gasteiger partial charge in [-0.15, -0.1) is 0 Å². The molecule has 2 aliphatic rings. The number of carbonyl (C=O) groups is 1. The monoisotopic (exact) mass is 430 g/mol. The molecule has 0 radical (unpaired) electrons. The molecule has 5 rings (SSSR count). The molecule has 2 aliphatic heterocycles. The van der Waals surface area contributed by atoms with Crippen LogP contribution in [0.2, 0.25) is 0 Å². The van der Waals surface area contributed by atoms with E-state index in [0.717, 1.165) is 69.6 Å². The van der Waals surface area contributed by atoms with Gasteiger partial charge in [-0.2, -0.15) is 0 Å². The van der Waals surface area contributed by atoms with Crippen molar-refractivity contribution in [3.05, 3.63) is 60.4 Å². The van der Waals surface area contributed by atoms with E-state index in [1.165, 1.54) is 10.8 Å². The van der Waals surface area contributed by atoms with E-state index in [0.29, 0.717) is 6.42 Å². The molecule has 2 aromatic carbocycles. The highest BCUT2D eigenvalue weighted by atomic mass is 16.2. The van der Waals surface area contributed by atoms with Crippen LogP contribution in [0.3, 0.4) is 0 Å². The Kier molecular flexibility index (Phi) is 5.90. The molecular weight excluding hydrogens is 400 g/mol. The van der Waals surface area contributed by atoms with Crippen LogP contribution in [0, 0.1) is 0 Å². The van der Waals surface area contributed by atoms with E-state index in [2.05, 4.69) is 62.0 Å². The standard InChI is InChI=1S/C25H30N6O/c1-28-9-11-29(12-10-28)23-18-24(27-19-26-23)30-13-15-31(16-14-30)25(32)17-21-7-4-6-20-5-2-3-8-22(20)21/h2-8,18-19H,9-17H2,1H3. The second-order valence-corrected chi connectivity index (χ2v) is 8.71. The van der Waals surface area contributed by atoms with Crippen LogP contribution in [-0.4, -0.2) is 85.1 Å². The molecule has 0 unspecified atom stereocenters. The molecule has 7 heteroatoms. The number of hydrogen-bond donors (Lipinski definition) is 0. The molecule has 3 heterocycles. The van der Waals surface area contributed by atoms with Crippen molar-refractivity contribution in [2.75, 3.05) is 69.2 Å². The Bertz CT molecular complexity index is 1080. The number of carbonyl (C=O) groups excluding carboxylic acids is 1. The van der Waals surface area contributed by atoms with E-state index < -0.39 is 0 Å². The number of piperazine rings is 2. The fraction of sp³-hybridized carbons (Fsp3) is 0.400. The lowest BCUT2D eigenvalue weighted by Gasteiger charge is -2.36. The molecule has 0 N–H and O–H groups in total. The van der Waals surface area contributed by atoms with Crippen molar-refractivity contribution in [3.63, 3.8) is 0 Å². The van der Waals surface area contributed by atoms with Gasteiger partial charge in [-0.05, 0) is 23.4 Å². The van der Waals surface area contributed by atoms with Gasteiger partial charge in [-0.1, -0.05) is 42.5 Å². The number of aromatic nitrogens is 2. The fourth-order valence-corrected chi connectivity index (χ4v) is 4.62. The molecule has 0 bridgehead atoms. The first-order chi connectivity index (χ1) is 15.7. The Morgan fingerprint density at radius 1 is 0.812 bits per heavy atom. The molecule has 1 aromatic heterocycles. The molecular formula is C25H30N6O. The summed E-state index contributed by atoms with van der Waals surface area (Å²) in [7, 11) is 2.16. The lowest BCUT2D eigenvalue weighted by atomic mass is 10.0. The lowest BCUT2D eigenvalue weighted by Crippen LogP contribution is -2.49. The van der Waals surface area contributed by atoms with E-state index in [4.69, 9.17) is 0 Å². The summed E-state index contributed by atoms with van der Waals surface area (Å²) in [4.78, 5) is 31.0. The number of benzene rings is 2. The van der Waals surface area contributed by atoms with Gasteiger partial charge in [0.15, 0.2) is 0 Å². The van der Waals surface area contributed by atoms with Gasteiger partial charge in [0.2, 0.25) is 5.91 Å². The lowest BCUT2D eigenvalue weighted by molar-refractivity contribution is -0.130. The molecule has 32 heavy (non-hydrogen) atoms. The van der Waals surface area contributed by atoms with Gasteiger partial charge in [0.25, 0.3) is 0 Å². The van der Waals surface area contributed by atoms with E-state index in [-0.39, 0.29) is 5.91 Å². The highest BCUT2D eigenvalue weighted by Crippen LogP contribution is 2.22. The molecule has 0 atom stereocenters. The van der Waals surface area contributed by atoms with Crippen molar-refractivity contribution in [1.82, 2.24) is 19.8 Å². The minimum Gasteiger partial charge on any atom is -0.354 e.